The Bertz CT molecular complexity index is 557. The molecule has 0 aliphatic rings. The van der Waals surface area contributed by atoms with Gasteiger partial charge in [-0.15, -0.1) is 0 Å². The zero-order valence-corrected chi connectivity index (χ0v) is 14.4. The molecule has 0 bridgehead atoms. The van der Waals surface area contributed by atoms with E-state index in [0.717, 1.165) is 14.5 Å². The summed E-state index contributed by atoms with van der Waals surface area (Å²) in [5, 5.41) is 13.5. The quantitative estimate of drug-likeness (QED) is 0.771. The van der Waals surface area contributed by atoms with Crippen LogP contribution in [0, 0.1) is 0 Å². The van der Waals surface area contributed by atoms with Gasteiger partial charge in [-0.2, -0.15) is 0 Å². The molecule has 2 atom stereocenters. The second-order valence-corrected chi connectivity index (χ2v) is 6.58. The fourth-order valence-corrected chi connectivity index (χ4v) is 2.67. The zero-order valence-electron chi connectivity index (χ0n) is 11.2. The van der Waals surface area contributed by atoms with Crippen molar-refractivity contribution in [3.8, 4) is 0 Å². The van der Waals surface area contributed by atoms with Crippen molar-refractivity contribution in [3.63, 3.8) is 0 Å². The van der Waals surface area contributed by atoms with Gasteiger partial charge in [-0.25, -0.2) is 0 Å². The third-order valence-corrected chi connectivity index (χ3v) is 4.24. The molecule has 0 saturated heterocycles. The first-order chi connectivity index (χ1) is 9.56. The van der Waals surface area contributed by atoms with E-state index in [2.05, 4.69) is 56.2 Å². The maximum Gasteiger partial charge on any atom is 0.0914 e. The smallest absolute Gasteiger partial charge is 0.0914 e. The Hall–Kier alpha value is -0.680. The second-order valence-electron chi connectivity index (χ2n) is 4.75. The monoisotopic (exact) mass is 397 g/mol. The summed E-state index contributed by atoms with van der Waals surface area (Å²) < 4.78 is 2.05. The minimum absolute atomic E-state index is 0.199. The SMILES string of the molecule is CC(NCC(O)c1cccc(Br)c1)c1ccc(Br)cc1. The van der Waals surface area contributed by atoms with Gasteiger partial charge in [0.2, 0.25) is 0 Å². The first-order valence-corrected chi connectivity index (χ1v) is 8.07. The number of rotatable bonds is 5. The van der Waals surface area contributed by atoms with E-state index in [1.807, 2.05) is 36.4 Å². The summed E-state index contributed by atoms with van der Waals surface area (Å²) in [6, 6.07) is 16.2. The molecule has 0 saturated carbocycles. The zero-order chi connectivity index (χ0) is 14.5. The summed E-state index contributed by atoms with van der Waals surface area (Å²) in [4.78, 5) is 0. The highest BCUT2D eigenvalue weighted by Gasteiger charge is 2.10. The minimum Gasteiger partial charge on any atom is -0.387 e. The minimum atomic E-state index is -0.509. The van der Waals surface area contributed by atoms with Crippen LogP contribution in [0.3, 0.4) is 0 Å². The Morgan fingerprint density at radius 3 is 2.35 bits per heavy atom. The highest BCUT2D eigenvalue weighted by Crippen LogP contribution is 2.20. The van der Waals surface area contributed by atoms with Gasteiger partial charge in [0.05, 0.1) is 6.10 Å². The highest BCUT2D eigenvalue weighted by atomic mass is 79.9. The lowest BCUT2D eigenvalue weighted by Gasteiger charge is -2.18. The molecule has 0 aromatic heterocycles. The number of hydrogen-bond acceptors (Lipinski definition) is 2. The van der Waals surface area contributed by atoms with Gasteiger partial charge in [0.25, 0.3) is 0 Å². The van der Waals surface area contributed by atoms with Crippen molar-refractivity contribution in [1.82, 2.24) is 5.32 Å². The number of benzene rings is 2. The molecule has 0 spiro atoms. The molecule has 20 heavy (non-hydrogen) atoms. The Morgan fingerprint density at radius 2 is 1.70 bits per heavy atom. The summed E-state index contributed by atoms with van der Waals surface area (Å²) in [5.74, 6) is 0. The van der Waals surface area contributed by atoms with Gasteiger partial charge in [0.15, 0.2) is 0 Å². The fraction of sp³-hybridized carbons (Fsp3) is 0.250. The third kappa shape index (κ3) is 4.42. The second kappa shape index (κ2) is 7.36. The lowest BCUT2D eigenvalue weighted by Crippen LogP contribution is -2.24. The van der Waals surface area contributed by atoms with Crippen molar-refractivity contribution in [2.45, 2.75) is 19.1 Å². The van der Waals surface area contributed by atoms with Crippen molar-refractivity contribution < 1.29 is 5.11 Å². The topological polar surface area (TPSA) is 32.3 Å². The van der Waals surface area contributed by atoms with E-state index in [4.69, 9.17) is 0 Å². The van der Waals surface area contributed by atoms with Crippen LogP contribution in [0.25, 0.3) is 0 Å². The van der Waals surface area contributed by atoms with Crippen LogP contribution in [0.2, 0.25) is 0 Å². The van der Waals surface area contributed by atoms with Gasteiger partial charge < -0.3 is 10.4 Å². The van der Waals surface area contributed by atoms with Crippen molar-refractivity contribution in [2.75, 3.05) is 6.54 Å². The van der Waals surface area contributed by atoms with Gasteiger partial charge in [-0.3, -0.25) is 0 Å². The first kappa shape index (κ1) is 15.7. The molecule has 2 unspecified atom stereocenters. The lowest BCUT2D eigenvalue weighted by atomic mass is 10.1. The summed E-state index contributed by atoms with van der Waals surface area (Å²) in [6.45, 7) is 2.62. The molecule has 2 aromatic rings. The molecule has 2 rings (SSSR count). The molecular formula is C16H17Br2NO. The van der Waals surface area contributed by atoms with Crippen molar-refractivity contribution in [3.05, 3.63) is 68.6 Å². The maximum absolute atomic E-state index is 10.2. The molecule has 0 fully saturated rings. The molecule has 0 aliphatic heterocycles. The van der Waals surface area contributed by atoms with Gasteiger partial charge >= 0.3 is 0 Å². The van der Waals surface area contributed by atoms with E-state index in [0.29, 0.717) is 6.54 Å². The summed E-state index contributed by atoms with van der Waals surface area (Å²) in [5.41, 5.74) is 2.12. The van der Waals surface area contributed by atoms with Crippen molar-refractivity contribution >= 4 is 31.9 Å². The van der Waals surface area contributed by atoms with E-state index < -0.39 is 6.10 Å². The third-order valence-electron chi connectivity index (χ3n) is 3.22. The summed E-state index contributed by atoms with van der Waals surface area (Å²) >= 11 is 6.85. The summed E-state index contributed by atoms with van der Waals surface area (Å²) in [6.07, 6.45) is -0.509. The Morgan fingerprint density at radius 1 is 1.00 bits per heavy atom. The first-order valence-electron chi connectivity index (χ1n) is 6.48. The molecule has 2 nitrogen and oxygen atoms in total. The van der Waals surface area contributed by atoms with E-state index in [-0.39, 0.29) is 6.04 Å². The van der Waals surface area contributed by atoms with E-state index in [1.165, 1.54) is 5.56 Å². The Kier molecular flexibility index (Phi) is 5.78. The van der Waals surface area contributed by atoms with Crippen LogP contribution in [0.15, 0.2) is 57.5 Å². The number of nitrogens with one attached hydrogen (secondary N) is 1. The predicted molar refractivity (Wildman–Crippen MR) is 89.7 cm³/mol. The number of aliphatic hydroxyl groups is 1. The van der Waals surface area contributed by atoms with Crippen LogP contribution in [-0.4, -0.2) is 11.7 Å². The highest BCUT2D eigenvalue weighted by molar-refractivity contribution is 9.10. The van der Waals surface area contributed by atoms with E-state index >= 15 is 0 Å². The molecule has 106 valence electrons. The molecule has 0 radical (unpaired) electrons. The average Bonchev–Trinajstić information content (AvgIpc) is 2.45. The van der Waals surface area contributed by atoms with E-state index in [1.54, 1.807) is 0 Å². The molecule has 0 amide bonds. The van der Waals surface area contributed by atoms with Crippen LogP contribution in [-0.2, 0) is 0 Å². The van der Waals surface area contributed by atoms with Gasteiger partial charge in [-0.1, -0.05) is 56.1 Å². The maximum atomic E-state index is 10.2. The standard InChI is InChI=1S/C16H17Br2NO/c1-11(12-5-7-14(17)8-6-12)19-10-16(20)13-3-2-4-15(18)9-13/h2-9,11,16,19-20H,10H2,1H3. The Balaban J connectivity index is 1.93. The Labute approximate surface area is 136 Å². The largest absolute Gasteiger partial charge is 0.387 e. The number of halogens is 2. The lowest BCUT2D eigenvalue weighted by molar-refractivity contribution is 0.170. The van der Waals surface area contributed by atoms with Crippen LogP contribution in [0.5, 0.6) is 0 Å². The molecule has 2 N–H and O–H groups in total. The summed E-state index contributed by atoms with van der Waals surface area (Å²) in [7, 11) is 0. The fourth-order valence-electron chi connectivity index (χ4n) is 1.99. The van der Waals surface area contributed by atoms with Crippen molar-refractivity contribution in [2.24, 2.45) is 0 Å². The average molecular weight is 399 g/mol. The molecule has 2 aromatic carbocycles. The van der Waals surface area contributed by atoms with Gasteiger partial charge in [-0.05, 0) is 42.3 Å². The van der Waals surface area contributed by atoms with E-state index in [9.17, 15) is 5.11 Å². The number of hydrogen-bond donors (Lipinski definition) is 2. The van der Waals surface area contributed by atoms with Gasteiger partial charge in [0, 0.05) is 21.5 Å². The van der Waals surface area contributed by atoms with Crippen LogP contribution >= 0.6 is 31.9 Å². The van der Waals surface area contributed by atoms with Crippen molar-refractivity contribution in [1.29, 1.82) is 0 Å². The molecule has 0 aliphatic carbocycles. The molecular weight excluding hydrogens is 382 g/mol. The van der Waals surface area contributed by atoms with Crippen LogP contribution < -0.4 is 5.32 Å². The van der Waals surface area contributed by atoms with Gasteiger partial charge in [0.1, 0.15) is 0 Å². The number of aliphatic hydroxyl groups excluding tert-OH is 1. The normalized spacial score (nSPS) is 14.0. The molecule has 4 heteroatoms. The van der Waals surface area contributed by atoms with Crippen LogP contribution in [0.1, 0.15) is 30.2 Å². The molecule has 0 heterocycles. The van der Waals surface area contributed by atoms with Crippen LogP contribution in [0.4, 0.5) is 0 Å². The predicted octanol–water partition coefficient (Wildman–Crippen LogP) is 4.60.